The van der Waals surface area contributed by atoms with Gasteiger partial charge < -0.3 is 0 Å². The summed E-state index contributed by atoms with van der Waals surface area (Å²) in [5.74, 6) is 1.96. The molecule has 49 heavy (non-hydrogen) atoms. The van der Waals surface area contributed by atoms with Gasteiger partial charge in [-0.1, -0.05) is 60.7 Å². The Kier molecular flexibility index (Phi) is 7.67. The van der Waals surface area contributed by atoms with Gasteiger partial charge >= 0.3 is 214 Å². The van der Waals surface area contributed by atoms with Gasteiger partial charge in [-0.3, -0.25) is 0 Å². The Balaban J connectivity index is 1.13. The van der Waals surface area contributed by atoms with Crippen LogP contribution in [0.1, 0.15) is 0 Å². The molecule has 0 unspecified atom stereocenters. The molecule has 0 N–H and O–H groups in total. The molecule has 3 nitrogen and oxygen atoms in total. The van der Waals surface area contributed by atoms with Crippen molar-refractivity contribution in [3.63, 3.8) is 0 Å². The van der Waals surface area contributed by atoms with Crippen molar-refractivity contribution in [1.29, 1.82) is 0 Å². The van der Waals surface area contributed by atoms with Gasteiger partial charge in [-0.25, -0.2) is 0 Å². The van der Waals surface area contributed by atoms with Crippen molar-refractivity contribution in [3.05, 3.63) is 176 Å². The van der Waals surface area contributed by atoms with E-state index in [2.05, 4.69) is 164 Å². The predicted molar refractivity (Wildman–Crippen MR) is 204 cm³/mol. The Morgan fingerprint density at radius 2 is 0.673 bits per heavy atom. The van der Waals surface area contributed by atoms with Gasteiger partial charge in [0.05, 0.1) is 0 Å². The standard InChI is InChI=1S/C45H29N3Te/c1-3-10-30(11-4-1)32-18-22-34(23-19-32)43-46-44(35-24-20-33(21-25-35)31-12-5-2-6-13-31)48-45(47-43)38-15-9-14-36(28-38)37-26-27-40-39-16-7-8-17-41(39)49-42(40)29-37/h1-29H. The molecule has 9 rings (SSSR count). The molecule has 2 aromatic heterocycles. The van der Waals surface area contributed by atoms with Crippen LogP contribution in [0.25, 0.3) is 85.1 Å². The number of hydrogen-bond acceptors (Lipinski definition) is 3. The fourth-order valence-electron chi connectivity index (χ4n) is 6.39. The van der Waals surface area contributed by atoms with Crippen molar-refractivity contribution >= 4 is 38.0 Å². The molecule has 0 spiro atoms. The van der Waals surface area contributed by atoms with Crippen LogP contribution in [0.3, 0.4) is 0 Å². The average Bonchev–Trinajstić information content (AvgIpc) is 3.57. The minimum atomic E-state index is -0.398. The molecule has 4 heteroatoms. The Morgan fingerprint density at radius 3 is 1.29 bits per heavy atom. The van der Waals surface area contributed by atoms with Crippen molar-refractivity contribution in [2.75, 3.05) is 0 Å². The van der Waals surface area contributed by atoms with E-state index < -0.39 is 20.4 Å². The van der Waals surface area contributed by atoms with Gasteiger partial charge in [-0.2, -0.15) is 0 Å². The maximum atomic E-state index is 5.07. The second-order valence-electron chi connectivity index (χ2n) is 12.1. The quantitative estimate of drug-likeness (QED) is 0.159. The van der Waals surface area contributed by atoms with Crippen LogP contribution < -0.4 is 0 Å². The summed E-state index contributed by atoms with van der Waals surface area (Å²) in [5, 5.41) is 2.79. The summed E-state index contributed by atoms with van der Waals surface area (Å²) in [6.45, 7) is 0. The van der Waals surface area contributed by atoms with E-state index in [-0.39, 0.29) is 0 Å². The predicted octanol–water partition coefficient (Wildman–Crippen LogP) is 11.2. The first kappa shape index (κ1) is 29.5. The van der Waals surface area contributed by atoms with E-state index in [1.807, 2.05) is 12.1 Å². The summed E-state index contributed by atoms with van der Waals surface area (Å²) in [4.78, 5) is 15.2. The smallest absolute Gasteiger partial charge is 0.0617 e. The average molecular weight is 739 g/mol. The van der Waals surface area contributed by atoms with E-state index in [4.69, 9.17) is 15.0 Å². The first-order chi connectivity index (χ1) is 24.2. The van der Waals surface area contributed by atoms with Crippen molar-refractivity contribution in [3.8, 4) is 67.5 Å². The third kappa shape index (κ3) is 5.87. The number of hydrogen-bond donors (Lipinski definition) is 0. The zero-order valence-electron chi connectivity index (χ0n) is 26.5. The monoisotopic (exact) mass is 741 g/mol. The molecular weight excluding hydrogens is 710 g/mol. The van der Waals surface area contributed by atoms with Gasteiger partial charge in [0.25, 0.3) is 0 Å². The van der Waals surface area contributed by atoms with Crippen LogP contribution in [0, 0.1) is 0 Å². The fraction of sp³-hybridized carbons (Fsp3) is 0. The normalized spacial score (nSPS) is 11.3. The molecule has 0 amide bonds. The van der Waals surface area contributed by atoms with Crippen LogP contribution in [0.4, 0.5) is 0 Å². The Hall–Kier alpha value is -5.66. The van der Waals surface area contributed by atoms with E-state index >= 15 is 0 Å². The third-order valence-electron chi connectivity index (χ3n) is 8.97. The summed E-state index contributed by atoms with van der Waals surface area (Å²) in [6, 6.07) is 62.2. The van der Waals surface area contributed by atoms with Crippen molar-refractivity contribution in [2.24, 2.45) is 0 Å². The minimum absolute atomic E-state index is 0.398. The van der Waals surface area contributed by atoms with Crippen molar-refractivity contribution in [2.45, 2.75) is 0 Å². The summed E-state index contributed by atoms with van der Waals surface area (Å²) >= 11 is -0.398. The van der Waals surface area contributed by atoms with Crippen LogP contribution in [-0.4, -0.2) is 35.4 Å². The van der Waals surface area contributed by atoms with Crippen molar-refractivity contribution in [1.82, 2.24) is 15.0 Å². The van der Waals surface area contributed by atoms with E-state index in [0.717, 1.165) is 33.4 Å². The van der Waals surface area contributed by atoms with Gasteiger partial charge in [-0.15, -0.1) is 0 Å². The maximum absolute atomic E-state index is 5.07. The molecule has 230 valence electrons. The number of fused-ring (bicyclic) bond motifs is 3. The number of benzene rings is 7. The zero-order valence-corrected chi connectivity index (χ0v) is 28.8. The molecule has 0 aliphatic heterocycles. The second-order valence-corrected chi connectivity index (χ2v) is 15.2. The van der Waals surface area contributed by atoms with Gasteiger partial charge in [0.2, 0.25) is 0 Å². The van der Waals surface area contributed by atoms with E-state index in [0.29, 0.717) is 17.5 Å². The number of rotatable bonds is 6. The molecule has 0 saturated heterocycles. The Morgan fingerprint density at radius 1 is 0.265 bits per heavy atom. The van der Waals surface area contributed by atoms with Gasteiger partial charge in [-0.05, 0) is 22.3 Å². The third-order valence-corrected chi connectivity index (χ3v) is 12.2. The molecule has 0 fully saturated rings. The van der Waals surface area contributed by atoms with Gasteiger partial charge in [0.1, 0.15) is 0 Å². The first-order valence-corrected chi connectivity index (χ1v) is 18.7. The van der Waals surface area contributed by atoms with Crippen LogP contribution >= 0.6 is 0 Å². The number of aromatic nitrogens is 3. The second kappa shape index (κ2) is 12.7. The summed E-state index contributed by atoms with van der Waals surface area (Å²) in [7, 11) is 0. The summed E-state index contributed by atoms with van der Waals surface area (Å²) < 4.78 is 3.02. The summed E-state index contributed by atoms with van der Waals surface area (Å²) in [5.41, 5.74) is 9.91. The molecular formula is C45H29N3Te. The molecule has 0 radical (unpaired) electrons. The molecule has 0 bridgehead atoms. The first-order valence-electron chi connectivity index (χ1n) is 16.4. The minimum Gasteiger partial charge on any atom is -0.0617 e. The molecule has 7 aromatic carbocycles. The fourth-order valence-corrected chi connectivity index (χ4v) is 9.66. The van der Waals surface area contributed by atoms with E-state index in [9.17, 15) is 0 Å². The summed E-state index contributed by atoms with van der Waals surface area (Å²) in [6.07, 6.45) is 0. The van der Waals surface area contributed by atoms with Crippen molar-refractivity contribution < 1.29 is 0 Å². The van der Waals surface area contributed by atoms with Crippen LogP contribution in [-0.2, 0) is 0 Å². The molecule has 0 saturated carbocycles. The van der Waals surface area contributed by atoms with Gasteiger partial charge in [0, 0.05) is 0 Å². The molecule has 0 aliphatic carbocycles. The van der Waals surface area contributed by atoms with E-state index in [1.54, 1.807) is 0 Å². The SMILES string of the molecule is c1ccc(-c2ccc(-c3nc(-c4ccc(-c5ccccc5)cc4)nc(-c4cccc(-c5ccc6c(c5)[te]c5ccccc56)c4)n3)cc2)cc1. The zero-order chi connectivity index (χ0) is 32.6. The number of nitrogens with zero attached hydrogens (tertiary/aromatic N) is 3. The van der Waals surface area contributed by atoms with Gasteiger partial charge in [0.15, 0.2) is 0 Å². The topological polar surface area (TPSA) is 38.7 Å². The van der Waals surface area contributed by atoms with Crippen LogP contribution in [0.2, 0.25) is 0 Å². The molecule has 0 aliphatic rings. The Labute approximate surface area is 294 Å². The molecule has 9 aromatic rings. The Bertz CT molecular complexity index is 2470. The van der Waals surface area contributed by atoms with Crippen LogP contribution in [0.5, 0.6) is 0 Å². The molecule has 2 heterocycles. The van der Waals surface area contributed by atoms with Crippen LogP contribution in [0.15, 0.2) is 176 Å². The van der Waals surface area contributed by atoms with E-state index in [1.165, 1.54) is 34.3 Å². The molecule has 0 atom stereocenters.